The van der Waals surface area contributed by atoms with E-state index in [9.17, 15) is 0 Å². The molecule has 0 bridgehead atoms. The fourth-order valence-corrected chi connectivity index (χ4v) is 4.39. The van der Waals surface area contributed by atoms with E-state index in [4.69, 9.17) is 18.0 Å². The van der Waals surface area contributed by atoms with Crippen molar-refractivity contribution in [3.05, 3.63) is 42.9 Å². The van der Waals surface area contributed by atoms with E-state index in [1.807, 2.05) is 36.5 Å². The molecule has 1 N–H and O–H groups in total. The number of rotatable bonds is 8. The lowest BCUT2D eigenvalue weighted by Crippen LogP contribution is -2.37. The lowest BCUT2D eigenvalue weighted by molar-refractivity contribution is 0.0357. The molecule has 0 radical (unpaired) electrons. The minimum atomic E-state index is 0. The summed E-state index contributed by atoms with van der Waals surface area (Å²) in [6.07, 6.45) is 4.46. The van der Waals surface area contributed by atoms with Gasteiger partial charge in [0.1, 0.15) is 12.1 Å². The Bertz CT molecular complexity index is 1260. The number of hydrogen-bond donors (Lipinski definition) is 1. The third-order valence-corrected chi connectivity index (χ3v) is 6.27. The molecule has 1 aliphatic rings. The lowest BCUT2D eigenvalue weighted by Gasteiger charge is -2.26. The number of H-pyrrole nitrogens is 1. The molecule has 2 aromatic carbocycles. The summed E-state index contributed by atoms with van der Waals surface area (Å²) in [5.41, 5.74) is 3.57. The summed E-state index contributed by atoms with van der Waals surface area (Å²) in [6.45, 7) is 5.18. The van der Waals surface area contributed by atoms with Crippen LogP contribution in [-0.2, 0) is 4.74 Å². The fourth-order valence-electron chi connectivity index (χ4n) is 4.19. The van der Waals surface area contributed by atoms with Crippen LogP contribution in [0.25, 0.3) is 33.1 Å². The minimum absolute atomic E-state index is 0. The number of methoxy groups -OCH3 is 1. The Balaban J connectivity index is 0.00000274. The number of hydrogen-bond acceptors (Lipinski definition) is 7. The first-order valence-corrected chi connectivity index (χ1v) is 11.6. The van der Waals surface area contributed by atoms with E-state index < -0.39 is 0 Å². The molecule has 10 heteroatoms. The van der Waals surface area contributed by atoms with Crippen LogP contribution in [-0.4, -0.2) is 66.4 Å². The summed E-state index contributed by atoms with van der Waals surface area (Å²) in [7, 11) is 1.65. The van der Waals surface area contributed by atoms with Crippen molar-refractivity contribution in [2.24, 2.45) is 0 Å². The lowest BCUT2D eigenvalue weighted by atomic mass is 10.0. The predicted molar refractivity (Wildman–Crippen MR) is 138 cm³/mol. The summed E-state index contributed by atoms with van der Waals surface area (Å²) in [5.74, 6) is 2.06. The number of nitrogens with zero attached hydrogens (tertiary/aromatic N) is 3. The summed E-state index contributed by atoms with van der Waals surface area (Å²) >= 11 is 3.05. The van der Waals surface area contributed by atoms with Crippen molar-refractivity contribution in [1.82, 2.24) is 19.9 Å². The minimum Gasteiger partial charge on any atom is -0.493 e. The van der Waals surface area contributed by atoms with Crippen LogP contribution in [0.3, 0.4) is 0 Å². The summed E-state index contributed by atoms with van der Waals surface area (Å²) in [6, 6.07) is 9.71. The zero-order chi connectivity index (χ0) is 22.6. The van der Waals surface area contributed by atoms with Gasteiger partial charge in [0.25, 0.3) is 0 Å². The number of benzene rings is 2. The number of aromatic amines is 1. The third-order valence-electron chi connectivity index (χ3n) is 5.90. The van der Waals surface area contributed by atoms with E-state index in [1.54, 1.807) is 13.4 Å². The van der Waals surface area contributed by atoms with Gasteiger partial charge in [-0.25, -0.2) is 9.97 Å². The van der Waals surface area contributed by atoms with Gasteiger partial charge in [-0.15, -0.1) is 12.4 Å². The van der Waals surface area contributed by atoms with E-state index in [0.717, 1.165) is 72.3 Å². The van der Waals surface area contributed by atoms with Crippen LogP contribution in [0.1, 0.15) is 6.42 Å². The average Bonchev–Trinajstić information content (AvgIpc) is 3.29. The van der Waals surface area contributed by atoms with Crippen molar-refractivity contribution in [2.45, 2.75) is 6.42 Å². The van der Waals surface area contributed by atoms with Crippen LogP contribution in [0.2, 0.25) is 0 Å². The first kappa shape index (κ1) is 24.5. The number of nitrogens with one attached hydrogen (secondary N) is 1. The molecule has 1 saturated heterocycles. The predicted octanol–water partition coefficient (Wildman–Crippen LogP) is 5.00. The van der Waals surface area contributed by atoms with Gasteiger partial charge < -0.3 is 23.0 Å². The fraction of sp³-hybridized carbons (Fsp3) is 0.333. The Morgan fingerprint density at radius 1 is 1.09 bits per heavy atom. The second kappa shape index (κ2) is 11.2. The molecule has 2 aromatic heterocycles. The van der Waals surface area contributed by atoms with E-state index in [0.29, 0.717) is 23.9 Å². The van der Waals surface area contributed by atoms with Crippen LogP contribution >= 0.6 is 28.7 Å². The Morgan fingerprint density at radius 3 is 2.74 bits per heavy atom. The molecule has 3 heterocycles. The molecule has 180 valence electrons. The van der Waals surface area contributed by atoms with Gasteiger partial charge in [0, 0.05) is 53.8 Å². The molecule has 34 heavy (non-hydrogen) atoms. The highest BCUT2D eigenvalue weighted by atomic mass is 79.9. The summed E-state index contributed by atoms with van der Waals surface area (Å²) < 4.78 is 22.4. The molecule has 5 rings (SSSR count). The molecule has 0 saturated carbocycles. The molecule has 1 fully saturated rings. The molecule has 8 nitrogen and oxygen atoms in total. The van der Waals surface area contributed by atoms with Gasteiger partial charge in [-0.2, -0.15) is 0 Å². The standard InChI is InChI=1S/C24H25BrN4O4.ClH/c1-30-22-12-18-21(13-23(22)32-8-2-5-29-6-9-31-10-7-29)27-15-28-24(18)19-14-26-20-4-3-16(33-25)11-17(19)20;/h3-4,11-15,26H,2,5-10H2,1H3;1H. The highest BCUT2D eigenvalue weighted by Gasteiger charge is 2.16. The van der Waals surface area contributed by atoms with Crippen molar-refractivity contribution in [3.8, 4) is 28.5 Å². The maximum absolute atomic E-state index is 6.09. The molecule has 0 amide bonds. The number of fused-ring (bicyclic) bond motifs is 2. The van der Waals surface area contributed by atoms with Crippen LogP contribution < -0.4 is 13.3 Å². The SMILES string of the molecule is COc1cc2c(-c3c[nH]c4ccc(OBr)cc34)ncnc2cc1OCCCN1CCOCC1.Cl. The average molecular weight is 550 g/mol. The normalized spacial score (nSPS) is 14.2. The quantitative estimate of drug-likeness (QED) is 0.310. The van der Waals surface area contributed by atoms with E-state index in [1.165, 1.54) is 0 Å². The van der Waals surface area contributed by atoms with Crippen LogP contribution in [0.15, 0.2) is 42.9 Å². The smallest absolute Gasteiger partial charge is 0.179 e. The second-order valence-electron chi connectivity index (χ2n) is 7.89. The second-order valence-corrected chi connectivity index (χ2v) is 8.21. The van der Waals surface area contributed by atoms with Gasteiger partial charge >= 0.3 is 0 Å². The first-order valence-electron chi connectivity index (χ1n) is 10.9. The van der Waals surface area contributed by atoms with Crippen molar-refractivity contribution in [1.29, 1.82) is 0 Å². The molecular weight excluding hydrogens is 524 g/mol. The highest BCUT2D eigenvalue weighted by Crippen LogP contribution is 2.38. The topological polar surface area (TPSA) is 81.7 Å². The number of halogens is 2. The molecular formula is C24H26BrClN4O4. The van der Waals surface area contributed by atoms with Crippen LogP contribution in [0.4, 0.5) is 0 Å². The monoisotopic (exact) mass is 548 g/mol. The van der Waals surface area contributed by atoms with Crippen molar-refractivity contribution >= 4 is 50.5 Å². The van der Waals surface area contributed by atoms with E-state index >= 15 is 0 Å². The van der Waals surface area contributed by atoms with Gasteiger partial charge in [-0.1, -0.05) is 0 Å². The molecule has 0 atom stereocenters. The van der Waals surface area contributed by atoms with Crippen molar-refractivity contribution < 1.29 is 18.0 Å². The Kier molecular flexibility index (Phi) is 8.10. The van der Waals surface area contributed by atoms with Gasteiger partial charge in [-0.3, -0.25) is 4.90 Å². The largest absolute Gasteiger partial charge is 0.493 e. The molecule has 4 aromatic rings. The zero-order valence-electron chi connectivity index (χ0n) is 18.8. The molecule has 0 aliphatic carbocycles. The van der Waals surface area contributed by atoms with Gasteiger partial charge in [0.15, 0.2) is 27.8 Å². The first-order chi connectivity index (χ1) is 16.3. The molecule has 0 spiro atoms. The van der Waals surface area contributed by atoms with E-state index in [-0.39, 0.29) is 12.4 Å². The molecule has 0 unspecified atom stereocenters. The van der Waals surface area contributed by atoms with E-state index in [2.05, 4.69) is 36.1 Å². The Morgan fingerprint density at radius 2 is 1.94 bits per heavy atom. The van der Waals surface area contributed by atoms with Crippen molar-refractivity contribution in [3.63, 3.8) is 0 Å². The van der Waals surface area contributed by atoms with Gasteiger partial charge in [0.2, 0.25) is 0 Å². The number of ether oxygens (including phenoxy) is 3. The summed E-state index contributed by atoms with van der Waals surface area (Å²) in [4.78, 5) is 14.8. The zero-order valence-corrected chi connectivity index (χ0v) is 21.2. The van der Waals surface area contributed by atoms with Crippen LogP contribution in [0, 0.1) is 0 Å². The third kappa shape index (κ3) is 5.07. The number of morpholine rings is 1. The van der Waals surface area contributed by atoms with Crippen LogP contribution in [0.5, 0.6) is 17.2 Å². The number of aromatic nitrogens is 3. The highest BCUT2D eigenvalue weighted by molar-refractivity contribution is 9.06. The maximum Gasteiger partial charge on any atom is 0.179 e. The van der Waals surface area contributed by atoms with Crippen molar-refractivity contribution in [2.75, 3.05) is 46.6 Å². The maximum atomic E-state index is 6.09. The van der Waals surface area contributed by atoms with Gasteiger partial charge in [0.05, 0.1) is 38.1 Å². The Labute approximate surface area is 212 Å². The Hall–Kier alpha value is -2.59. The summed E-state index contributed by atoms with van der Waals surface area (Å²) in [5, 5.41) is 1.90. The molecule has 1 aliphatic heterocycles. The van der Waals surface area contributed by atoms with Gasteiger partial charge in [-0.05, 0) is 30.7 Å².